The summed E-state index contributed by atoms with van der Waals surface area (Å²) in [4.78, 5) is 29.4. The molecule has 6 heterocycles. The standard InChI is InChI=1S/C33H44N8O3/c1-32(2,3)44-31(42)40(19-24-8-9-24)27-7-6-14-39(20-27)26-10-11-30(35-18-26)33(22-43-23-33)41-21-29(36-37-41)25-15-28(17-34-16-25)38-12-4-5-13-38/h10-11,15-18,21,24,27H,4-9,12-14,19-20,22-23H2,1-3H3/t27-/m1/s1. The molecule has 4 fully saturated rings. The summed E-state index contributed by atoms with van der Waals surface area (Å²) < 4.78 is 13.4. The highest BCUT2D eigenvalue weighted by molar-refractivity contribution is 5.69. The van der Waals surface area contributed by atoms with Crippen LogP contribution in [0.2, 0.25) is 0 Å². The highest BCUT2D eigenvalue weighted by atomic mass is 16.6. The van der Waals surface area contributed by atoms with Gasteiger partial charge in [-0.05, 0) is 83.4 Å². The Morgan fingerprint density at radius 2 is 1.82 bits per heavy atom. The number of amides is 1. The molecule has 0 spiro atoms. The minimum absolute atomic E-state index is 0.122. The number of aromatic nitrogens is 5. The number of carbonyl (C=O) groups is 1. The van der Waals surface area contributed by atoms with E-state index in [0.717, 1.165) is 73.9 Å². The minimum atomic E-state index is -0.506. The van der Waals surface area contributed by atoms with E-state index in [2.05, 4.69) is 43.3 Å². The van der Waals surface area contributed by atoms with Crippen molar-refractivity contribution in [2.24, 2.45) is 5.92 Å². The van der Waals surface area contributed by atoms with E-state index >= 15 is 0 Å². The van der Waals surface area contributed by atoms with Gasteiger partial charge in [0.1, 0.15) is 11.3 Å². The normalized spacial score (nSPS) is 21.7. The Balaban J connectivity index is 1.06. The van der Waals surface area contributed by atoms with Gasteiger partial charge in [0.15, 0.2) is 5.54 Å². The van der Waals surface area contributed by atoms with Crippen molar-refractivity contribution in [2.45, 2.75) is 76.5 Å². The van der Waals surface area contributed by atoms with Gasteiger partial charge in [0, 0.05) is 44.5 Å². The first kappa shape index (κ1) is 29.0. The van der Waals surface area contributed by atoms with E-state index < -0.39 is 11.1 Å². The number of anilines is 2. The Morgan fingerprint density at radius 1 is 1.02 bits per heavy atom. The second kappa shape index (κ2) is 11.6. The number of hydrogen-bond donors (Lipinski definition) is 0. The third-order valence-electron chi connectivity index (χ3n) is 9.31. The van der Waals surface area contributed by atoms with Gasteiger partial charge in [0.25, 0.3) is 0 Å². The zero-order valence-corrected chi connectivity index (χ0v) is 26.2. The summed E-state index contributed by atoms with van der Waals surface area (Å²) in [5, 5.41) is 9.07. The Bertz CT molecular complexity index is 1450. The molecule has 3 aliphatic heterocycles. The molecule has 1 saturated carbocycles. The van der Waals surface area contributed by atoms with Crippen LogP contribution in [0.1, 0.15) is 65.0 Å². The van der Waals surface area contributed by atoms with Crippen molar-refractivity contribution in [1.29, 1.82) is 0 Å². The van der Waals surface area contributed by atoms with Crippen molar-refractivity contribution < 1.29 is 14.3 Å². The second-order valence-corrected chi connectivity index (χ2v) is 13.9. The molecule has 3 aromatic heterocycles. The molecule has 11 heteroatoms. The Labute approximate surface area is 259 Å². The topological polar surface area (TPSA) is 102 Å². The van der Waals surface area contributed by atoms with Crippen molar-refractivity contribution in [2.75, 3.05) is 55.7 Å². The number of carbonyl (C=O) groups excluding carboxylic acids is 1. The fourth-order valence-electron chi connectivity index (χ4n) is 6.58. The Morgan fingerprint density at radius 3 is 2.50 bits per heavy atom. The lowest BCUT2D eigenvalue weighted by molar-refractivity contribution is -0.0851. The van der Waals surface area contributed by atoms with Crippen LogP contribution in [0.5, 0.6) is 0 Å². The molecule has 4 aliphatic rings. The summed E-state index contributed by atoms with van der Waals surface area (Å²) in [6.45, 7) is 11.4. The van der Waals surface area contributed by atoms with Crippen LogP contribution in [-0.4, -0.2) is 93.5 Å². The fraction of sp³-hybridized carbons (Fsp3) is 0.606. The van der Waals surface area contributed by atoms with E-state index in [4.69, 9.17) is 14.5 Å². The number of pyridine rings is 2. The second-order valence-electron chi connectivity index (χ2n) is 13.9. The average Bonchev–Trinajstić information content (AvgIpc) is 3.41. The van der Waals surface area contributed by atoms with Gasteiger partial charge in [-0.25, -0.2) is 9.48 Å². The number of nitrogens with zero attached hydrogens (tertiary/aromatic N) is 8. The van der Waals surface area contributed by atoms with Crippen molar-refractivity contribution in [3.8, 4) is 11.3 Å². The quantitative estimate of drug-likeness (QED) is 0.363. The average molecular weight is 601 g/mol. The molecule has 0 aromatic carbocycles. The molecular formula is C33H44N8O3. The molecule has 0 unspecified atom stereocenters. The smallest absolute Gasteiger partial charge is 0.410 e. The van der Waals surface area contributed by atoms with Crippen LogP contribution < -0.4 is 9.80 Å². The zero-order chi connectivity index (χ0) is 30.3. The molecule has 11 nitrogen and oxygen atoms in total. The number of piperidine rings is 1. The van der Waals surface area contributed by atoms with Crippen molar-refractivity contribution in [3.63, 3.8) is 0 Å². The lowest BCUT2D eigenvalue weighted by atomic mass is 9.92. The zero-order valence-electron chi connectivity index (χ0n) is 26.2. The molecule has 1 amide bonds. The van der Waals surface area contributed by atoms with Crippen molar-refractivity contribution in [1.82, 2.24) is 29.9 Å². The maximum absolute atomic E-state index is 13.2. The highest BCUT2D eigenvalue weighted by Crippen LogP contribution is 2.36. The van der Waals surface area contributed by atoms with Crippen LogP contribution in [0.25, 0.3) is 11.3 Å². The summed E-state index contributed by atoms with van der Waals surface area (Å²) in [6, 6.07) is 6.51. The Hall–Kier alpha value is -3.73. The van der Waals surface area contributed by atoms with Gasteiger partial charge in [-0.3, -0.25) is 9.97 Å². The molecule has 1 atom stereocenters. The first-order valence-electron chi connectivity index (χ1n) is 16.2. The minimum Gasteiger partial charge on any atom is -0.444 e. The number of ether oxygens (including phenoxy) is 2. The molecule has 44 heavy (non-hydrogen) atoms. The molecule has 234 valence electrons. The molecular weight excluding hydrogens is 556 g/mol. The van der Waals surface area contributed by atoms with Gasteiger partial charge in [-0.1, -0.05) is 5.21 Å². The predicted molar refractivity (Wildman–Crippen MR) is 168 cm³/mol. The SMILES string of the molecule is CC(C)(C)OC(=O)N(CC1CC1)[C@@H]1CCCN(c2ccc(C3(n4cc(-c5cncc(N6CCCC6)c5)nn4)COC3)nc2)C1. The van der Waals surface area contributed by atoms with E-state index in [1.54, 1.807) is 0 Å². The number of hydrogen-bond acceptors (Lipinski definition) is 9. The van der Waals surface area contributed by atoms with Gasteiger partial charge in [0.2, 0.25) is 0 Å². The van der Waals surface area contributed by atoms with Gasteiger partial charge in [0.05, 0.1) is 54.9 Å². The van der Waals surface area contributed by atoms with Crippen LogP contribution in [0.3, 0.4) is 0 Å². The maximum atomic E-state index is 13.2. The third kappa shape index (κ3) is 5.98. The van der Waals surface area contributed by atoms with E-state index in [-0.39, 0.29) is 12.1 Å². The monoisotopic (exact) mass is 600 g/mol. The number of rotatable bonds is 8. The molecule has 0 N–H and O–H groups in total. The summed E-state index contributed by atoms with van der Waals surface area (Å²) in [5.41, 5.74) is 3.86. The van der Waals surface area contributed by atoms with Crippen LogP contribution in [0.15, 0.2) is 43.0 Å². The van der Waals surface area contributed by atoms with Gasteiger partial charge >= 0.3 is 6.09 Å². The van der Waals surface area contributed by atoms with Crippen LogP contribution >= 0.6 is 0 Å². The lowest BCUT2D eigenvalue weighted by Crippen LogP contribution is -2.53. The third-order valence-corrected chi connectivity index (χ3v) is 9.31. The van der Waals surface area contributed by atoms with Crippen LogP contribution in [-0.2, 0) is 15.0 Å². The van der Waals surface area contributed by atoms with Gasteiger partial charge < -0.3 is 24.2 Å². The van der Waals surface area contributed by atoms with E-state index in [1.165, 1.54) is 25.7 Å². The fourth-order valence-corrected chi connectivity index (χ4v) is 6.58. The van der Waals surface area contributed by atoms with E-state index in [1.807, 2.05) is 55.1 Å². The molecule has 1 aliphatic carbocycles. The van der Waals surface area contributed by atoms with Gasteiger partial charge in [-0.2, -0.15) is 0 Å². The highest BCUT2D eigenvalue weighted by Gasteiger charge is 2.45. The molecule has 3 aromatic rings. The van der Waals surface area contributed by atoms with Crippen LogP contribution in [0, 0.1) is 5.92 Å². The van der Waals surface area contributed by atoms with Crippen molar-refractivity contribution >= 4 is 17.5 Å². The van der Waals surface area contributed by atoms with Crippen LogP contribution in [0.4, 0.5) is 16.2 Å². The van der Waals surface area contributed by atoms with Crippen molar-refractivity contribution in [3.05, 3.63) is 48.7 Å². The first-order valence-corrected chi connectivity index (χ1v) is 16.2. The lowest BCUT2D eigenvalue weighted by Gasteiger charge is -2.42. The largest absolute Gasteiger partial charge is 0.444 e. The van der Waals surface area contributed by atoms with E-state index in [0.29, 0.717) is 19.1 Å². The molecule has 0 radical (unpaired) electrons. The Kier molecular flexibility index (Phi) is 7.68. The summed E-state index contributed by atoms with van der Waals surface area (Å²) in [5.74, 6) is 0.599. The summed E-state index contributed by atoms with van der Waals surface area (Å²) in [7, 11) is 0. The molecule has 3 saturated heterocycles. The molecule has 7 rings (SSSR count). The first-order chi connectivity index (χ1) is 21.3. The maximum Gasteiger partial charge on any atom is 0.410 e. The predicted octanol–water partition coefficient (Wildman–Crippen LogP) is 4.73. The van der Waals surface area contributed by atoms with E-state index in [9.17, 15) is 4.79 Å². The summed E-state index contributed by atoms with van der Waals surface area (Å²) >= 11 is 0. The summed E-state index contributed by atoms with van der Waals surface area (Å²) in [6.07, 6.45) is 14.4. The van der Waals surface area contributed by atoms with Gasteiger partial charge in [-0.15, -0.1) is 5.10 Å². The molecule has 0 bridgehead atoms.